The maximum atomic E-state index is 5.75. The zero-order valence-electron chi connectivity index (χ0n) is 16.7. The third kappa shape index (κ3) is 9.89. The number of guanidine groups is 1. The zero-order chi connectivity index (χ0) is 19.2. The largest absolute Gasteiger partial charge is 0.493 e. The van der Waals surface area contributed by atoms with Gasteiger partial charge in [-0.15, -0.1) is 24.0 Å². The van der Waals surface area contributed by atoms with Crippen LogP contribution in [0.1, 0.15) is 24.6 Å². The molecule has 0 fully saturated rings. The van der Waals surface area contributed by atoms with Crippen molar-refractivity contribution in [2.24, 2.45) is 4.99 Å². The van der Waals surface area contributed by atoms with Crippen molar-refractivity contribution in [3.63, 3.8) is 0 Å². The summed E-state index contributed by atoms with van der Waals surface area (Å²) >= 11 is 0. The molecule has 0 aliphatic heterocycles. The van der Waals surface area contributed by atoms with Crippen molar-refractivity contribution in [3.05, 3.63) is 59.9 Å². The summed E-state index contributed by atoms with van der Waals surface area (Å²) in [4.78, 5) is 9.00. The van der Waals surface area contributed by atoms with E-state index in [-0.39, 0.29) is 24.0 Å². The highest BCUT2D eigenvalue weighted by molar-refractivity contribution is 14.0. The van der Waals surface area contributed by atoms with Gasteiger partial charge < -0.3 is 20.1 Å². The predicted octanol–water partition coefficient (Wildman–Crippen LogP) is 3.41. The molecule has 0 unspecified atom stereocenters. The molecule has 0 bridgehead atoms. The fourth-order valence-corrected chi connectivity index (χ4v) is 2.49. The summed E-state index contributed by atoms with van der Waals surface area (Å²) in [7, 11) is 1.70. The van der Waals surface area contributed by atoms with E-state index in [1.165, 1.54) is 0 Å². The highest BCUT2D eigenvalue weighted by atomic mass is 127. The summed E-state index contributed by atoms with van der Waals surface area (Å²) in [6, 6.07) is 14.0. The molecular weight excluding hydrogens is 467 g/mol. The first-order chi connectivity index (χ1) is 13.3. The SMILES string of the molecule is CCNC(=NCc1cccc(OCCCOC)c1)NCCc1ccccn1.I. The predicted molar refractivity (Wildman–Crippen MR) is 125 cm³/mol. The number of aliphatic imine (C=N–C) groups is 1. The molecule has 154 valence electrons. The molecule has 1 aromatic heterocycles. The Balaban J connectivity index is 0.00000392. The number of rotatable bonds is 11. The fourth-order valence-electron chi connectivity index (χ4n) is 2.49. The summed E-state index contributed by atoms with van der Waals surface area (Å²) in [5.74, 6) is 1.67. The molecule has 0 spiro atoms. The second kappa shape index (κ2) is 15.1. The van der Waals surface area contributed by atoms with E-state index in [2.05, 4.69) is 33.6 Å². The van der Waals surface area contributed by atoms with Crippen LogP contribution in [0.25, 0.3) is 0 Å². The third-order valence-electron chi connectivity index (χ3n) is 3.82. The minimum atomic E-state index is 0. The lowest BCUT2D eigenvalue weighted by molar-refractivity contribution is 0.172. The second-order valence-corrected chi connectivity index (χ2v) is 6.04. The number of aromatic nitrogens is 1. The summed E-state index contributed by atoms with van der Waals surface area (Å²) < 4.78 is 10.8. The topological polar surface area (TPSA) is 67.8 Å². The van der Waals surface area contributed by atoms with Crippen LogP contribution in [0.5, 0.6) is 5.75 Å². The lowest BCUT2D eigenvalue weighted by Gasteiger charge is -2.11. The number of benzene rings is 1. The number of pyridine rings is 1. The first-order valence-electron chi connectivity index (χ1n) is 9.44. The molecule has 2 aromatic rings. The molecule has 7 heteroatoms. The Morgan fingerprint density at radius 2 is 2.00 bits per heavy atom. The van der Waals surface area contributed by atoms with Crippen molar-refractivity contribution in [1.82, 2.24) is 15.6 Å². The van der Waals surface area contributed by atoms with Crippen molar-refractivity contribution < 1.29 is 9.47 Å². The van der Waals surface area contributed by atoms with E-state index in [1.54, 1.807) is 7.11 Å². The maximum absolute atomic E-state index is 5.75. The van der Waals surface area contributed by atoms with Gasteiger partial charge in [0.1, 0.15) is 5.75 Å². The van der Waals surface area contributed by atoms with E-state index in [4.69, 9.17) is 9.47 Å². The molecule has 0 saturated carbocycles. The van der Waals surface area contributed by atoms with E-state index < -0.39 is 0 Å². The van der Waals surface area contributed by atoms with E-state index in [0.29, 0.717) is 19.8 Å². The number of nitrogens with zero attached hydrogens (tertiary/aromatic N) is 2. The van der Waals surface area contributed by atoms with Gasteiger partial charge >= 0.3 is 0 Å². The Morgan fingerprint density at radius 3 is 2.75 bits per heavy atom. The standard InChI is InChI=1S/C21H30N4O2.HI/c1-3-22-21(24-13-11-19-9-4-5-12-23-19)25-17-18-8-6-10-20(16-18)27-15-7-14-26-2;/h4-6,8-10,12,16H,3,7,11,13-15,17H2,1-2H3,(H2,22,24,25);1H. The van der Waals surface area contributed by atoms with Gasteiger partial charge in [-0.2, -0.15) is 0 Å². The second-order valence-electron chi connectivity index (χ2n) is 6.04. The number of nitrogens with one attached hydrogen (secondary N) is 2. The molecule has 0 aliphatic carbocycles. The number of halogens is 1. The fraction of sp³-hybridized carbons (Fsp3) is 0.429. The normalized spacial score (nSPS) is 10.9. The van der Waals surface area contributed by atoms with Crippen LogP contribution in [-0.4, -0.2) is 44.4 Å². The van der Waals surface area contributed by atoms with E-state index in [0.717, 1.165) is 48.9 Å². The van der Waals surface area contributed by atoms with Crippen molar-refractivity contribution in [2.75, 3.05) is 33.4 Å². The maximum Gasteiger partial charge on any atom is 0.191 e. The van der Waals surface area contributed by atoms with Gasteiger partial charge in [0.25, 0.3) is 0 Å². The quantitative estimate of drug-likeness (QED) is 0.215. The minimum absolute atomic E-state index is 0. The molecule has 0 amide bonds. The summed E-state index contributed by atoms with van der Waals surface area (Å²) in [6.45, 7) is 5.61. The van der Waals surface area contributed by atoms with Gasteiger partial charge in [0.15, 0.2) is 5.96 Å². The van der Waals surface area contributed by atoms with E-state index in [1.807, 2.05) is 42.6 Å². The van der Waals surface area contributed by atoms with Crippen LogP contribution in [0.2, 0.25) is 0 Å². The molecule has 0 atom stereocenters. The molecule has 1 heterocycles. The summed E-state index contributed by atoms with van der Waals surface area (Å²) in [5.41, 5.74) is 2.18. The van der Waals surface area contributed by atoms with Crippen LogP contribution in [0.4, 0.5) is 0 Å². The minimum Gasteiger partial charge on any atom is -0.493 e. The zero-order valence-corrected chi connectivity index (χ0v) is 19.0. The third-order valence-corrected chi connectivity index (χ3v) is 3.82. The summed E-state index contributed by atoms with van der Waals surface area (Å²) in [6.07, 6.45) is 3.55. The van der Waals surface area contributed by atoms with Crippen LogP contribution in [-0.2, 0) is 17.7 Å². The van der Waals surface area contributed by atoms with Gasteiger partial charge in [-0.05, 0) is 36.8 Å². The Labute approximate surface area is 185 Å². The molecule has 0 saturated heterocycles. The Kier molecular flexibility index (Phi) is 13.0. The number of ether oxygens (including phenoxy) is 2. The van der Waals surface area contributed by atoms with Crippen molar-refractivity contribution in [1.29, 1.82) is 0 Å². The Morgan fingerprint density at radius 1 is 1.11 bits per heavy atom. The van der Waals surface area contributed by atoms with Gasteiger partial charge in [0, 0.05) is 51.5 Å². The Hall–Kier alpha value is -1.87. The molecule has 6 nitrogen and oxygen atoms in total. The van der Waals surface area contributed by atoms with Crippen LogP contribution in [0.15, 0.2) is 53.7 Å². The van der Waals surface area contributed by atoms with Crippen molar-refractivity contribution >= 4 is 29.9 Å². The van der Waals surface area contributed by atoms with Gasteiger partial charge in [0.2, 0.25) is 0 Å². The van der Waals surface area contributed by atoms with Crippen LogP contribution < -0.4 is 15.4 Å². The van der Waals surface area contributed by atoms with Gasteiger partial charge in [-0.3, -0.25) is 4.98 Å². The molecular formula is C21H31IN4O2. The average molecular weight is 498 g/mol. The van der Waals surface area contributed by atoms with Crippen LogP contribution in [0.3, 0.4) is 0 Å². The first kappa shape index (κ1) is 24.2. The van der Waals surface area contributed by atoms with Gasteiger partial charge in [-0.1, -0.05) is 18.2 Å². The number of hydrogen-bond acceptors (Lipinski definition) is 4. The van der Waals surface area contributed by atoms with Crippen LogP contribution >= 0.6 is 24.0 Å². The first-order valence-corrected chi connectivity index (χ1v) is 9.44. The number of hydrogen-bond donors (Lipinski definition) is 2. The highest BCUT2D eigenvalue weighted by Gasteiger charge is 2.00. The van der Waals surface area contributed by atoms with Crippen molar-refractivity contribution in [3.8, 4) is 5.75 Å². The lowest BCUT2D eigenvalue weighted by atomic mass is 10.2. The average Bonchev–Trinajstić information content (AvgIpc) is 2.70. The lowest BCUT2D eigenvalue weighted by Crippen LogP contribution is -2.38. The molecule has 2 rings (SSSR count). The molecule has 1 aromatic carbocycles. The smallest absolute Gasteiger partial charge is 0.191 e. The molecule has 0 aliphatic rings. The summed E-state index contributed by atoms with van der Waals surface area (Å²) in [5, 5.41) is 6.63. The monoisotopic (exact) mass is 498 g/mol. The van der Waals surface area contributed by atoms with Gasteiger partial charge in [0.05, 0.1) is 13.2 Å². The van der Waals surface area contributed by atoms with Crippen LogP contribution in [0, 0.1) is 0 Å². The van der Waals surface area contributed by atoms with Crippen molar-refractivity contribution in [2.45, 2.75) is 26.3 Å². The molecule has 0 radical (unpaired) electrons. The Bertz CT molecular complexity index is 683. The highest BCUT2D eigenvalue weighted by Crippen LogP contribution is 2.14. The molecule has 2 N–H and O–H groups in total. The number of methoxy groups -OCH3 is 1. The van der Waals surface area contributed by atoms with E-state index >= 15 is 0 Å². The van der Waals surface area contributed by atoms with Gasteiger partial charge in [-0.25, -0.2) is 4.99 Å². The van der Waals surface area contributed by atoms with E-state index in [9.17, 15) is 0 Å². The molecule has 28 heavy (non-hydrogen) atoms.